The van der Waals surface area contributed by atoms with Gasteiger partial charge in [-0.15, -0.1) is 0 Å². The number of aromatic nitrogens is 1. The predicted molar refractivity (Wildman–Crippen MR) is 125 cm³/mol. The van der Waals surface area contributed by atoms with Gasteiger partial charge in [0.1, 0.15) is 19.2 Å². The minimum absolute atomic E-state index is 0.0225. The smallest absolute Gasteiger partial charge is 0.273 e. The molecule has 0 unspecified atom stereocenters. The minimum atomic E-state index is -1.18. The van der Waals surface area contributed by atoms with Gasteiger partial charge in [-0.1, -0.05) is 39.3 Å². The summed E-state index contributed by atoms with van der Waals surface area (Å²) in [6.45, 7) is 16.0. The van der Waals surface area contributed by atoms with E-state index in [-0.39, 0.29) is 25.2 Å². The number of nitrogens with zero attached hydrogens (tertiary/aromatic N) is 2. The molecule has 0 bridgehead atoms. The Labute approximate surface area is 185 Å². The molecule has 0 radical (unpaired) electrons. The van der Waals surface area contributed by atoms with Crippen molar-refractivity contribution in [1.29, 1.82) is 0 Å². The number of carbonyl (C=O) groups excluding carboxylic acids is 2. The highest BCUT2D eigenvalue weighted by Crippen LogP contribution is 2.28. The lowest BCUT2D eigenvalue weighted by atomic mass is 10.1. The first-order chi connectivity index (χ1) is 13.4. The van der Waals surface area contributed by atoms with Gasteiger partial charge >= 0.3 is 0 Å². The Bertz CT molecular complexity index is 738. The summed E-state index contributed by atoms with van der Waals surface area (Å²) in [6, 6.07) is 2.10. The van der Waals surface area contributed by atoms with Crippen molar-refractivity contribution >= 4 is 43.8 Å². The van der Waals surface area contributed by atoms with Gasteiger partial charge in [0.25, 0.3) is 5.91 Å². The third-order valence-corrected chi connectivity index (χ3v) is 8.89. The van der Waals surface area contributed by atoms with Gasteiger partial charge < -0.3 is 18.9 Å². The fraction of sp³-hybridized carbons (Fsp3) is 0.700. The Kier molecular flexibility index (Phi) is 8.49. The number of hydrogen-bond acceptors (Lipinski definition) is 4. The van der Waals surface area contributed by atoms with Gasteiger partial charge in [-0.2, -0.15) is 0 Å². The van der Waals surface area contributed by atoms with E-state index in [1.165, 1.54) is 0 Å². The lowest BCUT2D eigenvalue weighted by Crippen LogP contribution is -2.35. The van der Waals surface area contributed by atoms with Crippen LogP contribution in [0.5, 0.6) is 0 Å². The highest BCUT2D eigenvalue weighted by atomic mass is 79.9. The number of hydrogen-bond donors (Lipinski definition) is 0. The molecule has 2 heterocycles. The van der Waals surface area contributed by atoms with Crippen LogP contribution in [0, 0.1) is 0 Å². The van der Waals surface area contributed by atoms with Gasteiger partial charge in [0.2, 0.25) is 0 Å². The van der Waals surface area contributed by atoms with Crippen LogP contribution in [0.25, 0.3) is 0 Å². The minimum Gasteiger partial charge on any atom is -0.361 e. The molecule has 2 rings (SSSR count). The highest BCUT2D eigenvalue weighted by Gasteiger charge is 2.32. The molecule has 0 saturated heterocycles. The van der Waals surface area contributed by atoms with Crippen LogP contribution in [0.3, 0.4) is 0 Å². The van der Waals surface area contributed by atoms with Crippen LogP contribution in [-0.2, 0) is 16.2 Å². The van der Waals surface area contributed by atoms with Crippen LogP contribution in [0.2, 0.25) is 51.4 Å². The van der Waals surface area contributed by atoms with E-state index in [1.807, 2.05) is 0 Å². The summed E-state index contributed by atoms with van der Waals surface area (Å²) in [5.41, 5.74) is 0.870. The standard InChI is InChI=1S/C20H35BrN2O4Si2/c1-28(2,3)11-9-26-14-22-8-7-17(24)18-16(21)13-23(19(18)20(22)25)15-27-10-12-29(4,5)6/h13H,7-12,14-15H2,1-6H3. The third-order valence-electron chi connectivity index (χ3n) is 4.88. The molecular weight excluding hydrogens is 468 g/mol. The summed E-state index contributed by atoms with van der Waals surface area (Å²) >= 11 is 3.46. The molecule has 0 atom stereocenters. The van der Waals surface area contributed by atoms with E-state index in [2.05, 4.69) is 55.2 Å². The van der Waals surface area contributed by atoms with Crippen molar-refractivity contribution in [3.63, 3.8) is 0 Å². The Morgan fingerprint density at radius 3 is 2.07 bits per heavy atom. The van der Waals surface area contributed by atoms with Crippen molar-refractivity contribution in [2.24, 2.45) is 0 Å². The second-order valence-electron chi connectivity index (χ2n) is 10.1. The fourth-order valence-corrected chi connectivity index (χ4v) is 5.12. The van der Waals surface area contributed by atoms with Crippen LogP contribution >= 0.6 is 15.9 Å². The van der Waals surface area contributed by atoms with Crippen molar-refractivity contribution in [2.45, 2.75) is 64.5 Å². The van der Waals surface area contributed by atoms with E-state index in [1.54, 1.807) is 15.7 Å². The van der Waals surface area contributed by atoms with Gasteiger partial charge in [0.05, 0.1) is 5.56 Å². The molecule has 0 spiro atoms. The molecule has 1 aliphatic rings. The molecule has 0 aliphatic carbocycles. The van der Waals surface area contributed by atoms with E-state index < -0.39 is 16.1 Å². The lowest BCUT2D eigenvalue weighted by Gasteiger charge is -2.23. The summed E-state index contributed by atoms with van der Waals surface area (Å²) in [7, 11) is -2.37. The highest BCUT2D eigenvalue weighted by molar-refractivity contribution is 9.10. The molecule has 29 heavy (non-hydrogen) atoms. The Hall–Kier alpha value is -0.746. The zero-order chi connectivity index (χ0) is 21.8. The molecule has 1 aromatic rings. The molecule has 0 fully saturated rings. The van der Waals surface area contributed by atoms with Gasteiger partial charge in [-0.05, 0) is 28.0 Å². The molecule has 1 aromatic heterocycles. The topological polar surface area (TPSA) is 60.8 Å². The first-order valence-corrected chi connectivity index (χ1v) is 18.5. The lowest BCUT2D eigenvalue weighted by molar-refractivity contribution is 0.0265. The second kappa shape index (κ2) is 10.0. The van der Waals surface area contributed by atoms with Gasteiger partial charge in [-0.3, -0.25) is 9.59 Å². The van der Waals surface area contributed by atoms with E-state index in [0.717, 1.165) is 12.1 Å². The molecule has 0 saturated carbocycles. The number of rotatable bonds is 10. The van der Waals surface area contributed by atoms with Crippen molar-refractivity contribution < 1.29 is 19.1 Å². The quantitative estimate of drug-likeness (QED) is 0.337. The first kappa shape index (κ1) is 24.5. The van der Waals surface area contributed by atoms with E-state index >= 15 is 0 Å². The second-order valence-corrected chi connectivity index (χ2v) is 22.2. The zero-order valence-electron chi connectivity index (χ0n) is 18.6. The summed E-state index contributed by atoms with van der Waals surface area (Å²) < 4.78 is 14.0. The molecule has 9 heteroatoms. The number of fused-ring (bicyclic) bond motifs is 1. The predicted octanol–water partition coefficient (Wildman–Crippen LogP) is 4.90. The molecular formula is C20H35BrN2O4Si2. The number of amides is 1. The van der Waals surface area contributed by atoms with Crippen molar-refractivity contribution in [2.75, 3.05) is 26.5 Å². The average Bonchev–Trinajstić information content (AvgIpc) is 2.85. The van der Waals surface area contributed by atoms with Crippen molar-refractivity contribution in [1.82, 2.24) is 9.47 Å². The first-order valence-electron chi connectivity index (χ1n) is 10.3. The Morgan fingerprint density at radius 2 is 1.52 bits per heavy atom. The molecule has 1 amide bonds. The van der Waals surface area contributed by atoms with Crippen molar-refractivity contribution in [3.8, 4) is 0 Å². The molecule has 0 aromatic carbocycles. The number of carbonyl (C=O) groups is 2. The largest absolute Gasteiger partial charge is 0.361 e. The zero-order valence-corrected chi connectivity index (χ0v) is 22.2. The third kappa shape index (κ3) is 7.46. The monoisotopic (exact) mass is 502 g/mol. The molecule has 0 N–H and O–H groups in total. The molecule has 1 aliphatic heterocycles. The average molecular weight is 504 g/mol. The normalized spacial score (nSPS) is 15.6. The fourth-order valence-electron chi connectivity index (χ4n) is 2.95. The van der Waals surface area contributed by atoms with Gasteiger partial charge in [0, 0.05) is 53.0 Å². The van der Waals surface area contributed by atoms with Crippen LogP contribution in [0.1, 0.15) is 27.3 Å². The van der Waals surface area contributed by atoms with Crippen molar-refractivity contribution in [3.05, 3.63) is 21.9 Å². The van der Waals surface area contributed by atoms with E-state index in [4.69, 9.17) is 9.47 Å². The Morgan fingerprint density at radius 1 is 0.966 bits per heavy atom. The summed E-state index contributed by atoms with van der Waals surface area (Å²) in [6.07, 6.45) is 2.08. The van der Waals surface area contributed by atoms with Crippen LogP contribution in [0.4, 0.5) is 0 Å². The molecule has 164 valence electrons. The summed E-state index contributed by atoms with van der Waals surface area (Å²) in [4.78, 5) is 27.5. The van der Waals surface area contributed by atoms with Crippen LogP contribution in [0.15, 0.2) is 10.7 Å². The maximum absolute atomic E-state index is 13.2. The SMILES string of the molecule is C[Si](C)(C)CCOCN1CCC(=O)c2c(Br)cn(COCC[Si](C)(C)C)c2C1=O. The van der Waals surface area contributed by atoms with Crippen LogP contribution in [-0.4, -0.2) is 63.8 Å². The number of Topliss-reactive ketones (excluding diaryl/α,β-unsaturated/α-hetero) is 1. The van der Waals surface area contributed by atoms with E-state index in [0.29, 0.717) is 41.9 Å². The van der Waals surface area contributed by atoms with Gasteiger partial charge in [0.15, 0.2) is 5.78 Å². The molecule has 6 nitrogen and oxygen atoms in total. The maximum Gasteiger partial charge on any atom is 0.273 e. The summed E-state index contributed by atoms with van der Waals surface area (Å²) in [5.74, 6) is -0.191. The number of halogens is 1. The number of ketones is 1. The van der Waals surface area contributed by atoms with Crippen LogP contribution < -0.4 is 0 Å². The Balaban J connectivity index is 2.09. The number of ether oxygens (including phenoxy) is 2. The summed E-state index contributed by atoms with van der Waals surface area (Å²) in [5, 5.41) is 0. The van der Waals surface area contributed by atoms with Gasteiger partial charge in [-0.25, -0.2) is 0 Å². The van der Waals surface area contributed by atoms with E-state index in [9.17, 15) is 9.59 Å². The maximum atomic E-state index is 13.2.